The van der Waals surface area contributed by atoms with Gasteiger partial charge in [0.15, 0.2) is 0 Å². The zero-order valence-corrected chi connectivity index (χ0v) is 9.58. The van der Waals surface area contributed by atoms with Crippen molar-refractivity contribution >= 4 is 17.5 Å². The van der Waals surface area contributed by atoms with Crippen molar-refractivity contribution in [1.29, 1.82) is 0 Å². The smallest absolute Gasteiger partial charge is 0.256 e. The number of hydrogen-bond acceptors (Lipinski definition) is 3. The number of carbonyl (C=O) groups is 1. The zero-order chi connectivity index (χ0) is 12.4. The molecule has 0 saturated carbocycles. The van der Waals surface area contributed by atoms with E-state index in [-0.39, 0.29) is 21.8 Å². The maximum Gasteiger partial charge on any atom is 0.256 e. The van der Waals surface area contributed by atoms with Gasteiger partial charge >= 0.3 is 0 Å². The van der Waals surface area contributed by atoms with Crippen molar-refractivity contribution < 1.29 is 13.7 Å². The third-order valence-electron chi connectivity index (χ3n) is 2.24. The topological polar surface area (TPSA) is 55.1 Å². The lowest BCUT2D eigenvalue weighted by atomic mass is 10.1. The quantitative estimate of drug-likeness (QED) is 0.896. The standard InChI is InChI=1S/C11H8ClFN2O2/c1-14-11(16)6-5-17-15-10(6)9-7(12)3-2-4-8(9)13/h2-5H,1H3,(H,14,16). The molecule has 1 heterocycles. The summed E-state index contributed by atoms with van der Waals surface area (Å²) in [6, 6.07) is 4.23. The second kappa shape index (κ2) is 4.55. The summed E-state index contributed by atoms with van der Waals surface area (Å²) < 4.78 is 18.4. The van der Waals surface area contributed by atoms with E-state index in [0.717, 1.165) is 6.26 Å². The first-order valence-corrected chi connectivity index (χ1v) is 5.13. The summed E-state index contributed by atoms with van der Waals surface area (Å²) in [6.45, 7) is 0. The van der Waals surface area contributed by atoms with E-state index in [1.807, 2.05) is 0 Å². The van der Waals surface area contributed by atoms with Gasteiger partial charge in [0.2, 0.25) is 0 Å². The van der Waals surface area contributed by atoms with E-state index in [2.05, 4.69) is 10.5 Å². The summed E-state index contributed by atoms with van der Waals surface area (Å²) in [5, 5.41) is 6.20. The van der Waals surface area contributed by atoms with Crippen molar-refractivity contribution in [3.8, 4) is 11.3 Å². The Kier molecular flexibility index (Phi) is 3.10. The number of nitrogens with zero attached hydrogens (tertiary/aromatic N) is 1. The van der Waals surface area contributed by atoms with Crippen LogP contribution in [0.5, 0.6) is 0 Å². The number of aromatic nitrogens is 1. The van der Waals surface area contributed by atoms with Gasteiger partial charge < -0.3 is 9.84 Å². The molecule has 1 aromatic carbocycles. The molecule has 0 radical (unpaired) electrons. The van der Waals surface area contributed by atoms with Crippen molar-refractivity contribution in [1.82, 2.24) is 10.5 Å². The molecular weight excluding hydrogens is 247 g/mol. The highest BCUT2D eigenvalue weighted by Crippen LogP contribution is 2.31. The van der Waals surface area contributed by atoms with Gasteiger partial charge in [-0.05, 0) is 12.1 Å². The second-order valence-electron chi connectivity index (χ2n) is 3.25. The van der Waals surface area contributed by atoms with Crippen LogP contribution < -0.4 is 5.32 Å². The lowest BCUT2D eigenvalue weighted by Crippen LogP contribution is -2.18. The molecule has 2 aromatic rings. The van der Waals surface area contributed by atoms with Gasteiger partial charge in [0.05, 0.1) is 10.6 Å². The molecule has 0 atom stereocenters. The molecule has 0 spiro atoms. The first kappa shape index (κ1) is 11.6. The van der Waals surface area contributed by atoms with Crippen LogP contribution in [0.25, 0.3) is 11.3 Å². The number of nitrogens with one attached hydrogen (secondary N) is 1. The molecule has 0 aliphatic rings. The molecule has 0 aliphatic carbocycles. The molecule has 1 amide bonds. The Morgan fingerprint density at radius 3 is 2.94 bits per heavy atom. The van der Waals surface area contributed by atoms with E-state index >= 15 is 0 Å². The van der Waals surface area contributed by atoms with Crippen molar-refractivity contribution in [2.45, 2.75) is 0 Å². The van der Waals surface area contributed by atoms with Crippen LogP contribution in [0.3, 0.4) is 0 Å². The third-order valence-corrected chi connectivity index (χ3v) is 2.56. The highest BCUT2D eigenvalue weighted by atomic mass is 35.5. The van der Waals surface area contributed by atoms with Gasteiger partial charge in [-0.2, -0.15) is 0 Å². The van der Waals surface area contributed by atoms with Crippen LogP contribution in [0, 0.1) is 5.82 Å². The predicted octanol–water partition coefficient (Wildman–Crippen LogP) is 2.49. The summed E-state index contributed by atoms with van der Waals surface area (Å²) in [7, 11) is 1.46. The van der Waals surface area contributed by atoms with E-state index in [4.69, 9.17) is 16.1 Å². The number of benzene rings is 1. The lowest BCUT2D eigenvalue weighted by molar-refractivity contribution is 0.0963. The van der Waals surface area contributed by atoms with Gasteiger partial charge in [0.1, 0.15) is 23.3 Å². The van der Waals surface area contributed by atoms with E-state index in [1.165, 1.54) is 25.2 Å². The molecular formula is C11H8ClFN2O2. The molecule has 0 saturated heterocycles. The van der Waals surface area contributed by atoms with E-state index in [9.17, 15) is 9.18 Å². The zero-order valence-electron chi connectivity index (χ0n) is 8.83. The van der Waals surface area contributed by atoms with Crippen LogP contribution in [-0.4, -0.2) is 18.1 Å². The fourth-order valence-corrected chi connectivity index (χ4v) is 1.69. The van der Waals surface area contributed by atoms with Crippen molar-refractivity contribution in [3.63, 3.8) is 0 Å². The van der Waals surface area contributed by atoms with Crippen molar-refractivity contribution in [2.24, 2.45) is 0 Å². The fourth-order valence-electron chi connectivity index (χ4n) is 1.44. The molecule has 4 nitrogen and oxygen atoms in total. The Hall–Kier alpha value is -1.88. The average molecular weight is 255 g/mol. The van der Waals surface area contributed by atoms with Gasteiger partial charge in [0.25, 0.3) is 5.91 Å². The van der Waals surface area contributed by atoms with Gasteiger partial charge in [-0.15, -0.1) is 0 Å². The van der Waals surface area contributed by atoms with Crippen LogP contribution in [0.4, 0.5) is 4.39 Å². The summed E-state index contributed by atoms with van der Waals surface area (Å²) in [4.78, 5) is 11.5. The molecule has 1 aromatic heterocycles. The van der Waals surface area contributed by atoms with Crippen LogP contribution in [0.2, 0.25) is 5.02 Å². The van der Waals surface area contributed by atoms with Gasteiger partial charge in [0, 0.05) is 7.05 Å². The normalized spacial score (nSPS) is 10.3. The Labute approximate surface area is 101 Å². The summed E-state index contributed by atoms with van der Waals surface area (Å²) in [6.07, 6.45) is 1.15. The van der Waals surface area contributed by atoms with Gasteiger partial charge in [-0.25, -0.2) is 4.39 Å². The van der Waals surface area contributed by atoms with Gasteiger partial charge in [-0.3, -0.25) is 4.79 Å². The fraction of sp³-hybridized carbons (Fsp3) is 0.0909. The van der Waals surface area contributed by atoms with Crippen molar-refractivity contribution in [2.75, 3.05) is 7.05 Å². The molecule has 6 heteroatoms. The Morgan fingerprint density at radius 2 is 2.29 bits per heavy atom. The van der Waals surface area contributed by atoms with E-state index in [0.29, 0.717) is 0 Å². The van der Waals surface area contributed by atoms with Crippen molar-refractivity contribution in [3.05, 3.63) is 40.9 Å². The molecule has 0 bridgehead atoms. The van der Waals surface area contributed by atoms with E-state index in [1.54, 1.807) is 0 Å². The van der Waals surface area contributed by atoms with Crippen LogP contribution in [0.15, 0.2) is 29.0 Å². The lowest BCUT2D eigenvalue weighted by Gasteiger charge is -2.03. The largest absolute Gasteiger partial charge is 0.363 e. The Morgan fingerprint density at radius 1 is 1.53 bits per heavy atom. The average Bonchev–Trinajstić information content (AvgIpc) is 2.77. The SMILES string of the molecule is CNC(=O)c1conc1-c1c(F)cccc1Cl. The first-order valence-electron chi connectivity index (χ1n) is 4.76. The number of halogens is 2. The van der Waals surface area contributed by atoms with Crippen LogP contribution in [-0.2, 0) is 0 Å². The maximum absolute atomic E-state index is 13.7. The summed E-state index contributed by atoms with van der Waals surface area (Å²) >= 11 is 5.89. The second-order valence-corrected chi connectivity index (χ2v) is 3.66. The minimum Gasteiger partial charge on any atom is -0.363 e. The molecule has 88 valence electrons. The number of amides is 1. The maximum atomic E-state index is 13.7. The molecule has 2 rings (SSSR count). The minimum absolute atomic E-state index is 0.0570. The number of rotatable bonds is 2. The summed E-state index contributed by atoms with van der Waals surface area (Å²) in [5.74, 6) is -0.975. The minimum atomic E-state index is -0.559. The molecule has 1 N–H and O–H groups in total. The number of carbonyl (C=O) groups excluding carboxylic acids is 1. The van der Waals surface area contributed by atoms with Crippen LogP contribution >= 0.6 is 11.6 Å². The molecule has 0 fully saturated rings. The van der Waals surface area contributed by atoms with Gasteiger partial charge in [-0.1, -0.05) is 22.8 Å². The highest BCUT2D eigenvalue weighted by Gasteiger charge is 2.21. The molecule has 17 heavy (non-hydrogen) atoms. The first-order chi connectivity index (χ1) is 8.15. The molecule has 0 unspecified atom stereocenters. The summed E-state index contributed by atoms with van der Waals surface area (Å²) in [5.41, 5.74) is 0.286. The predicted molar refractivity (Wildman–Crippen MR) is 60.3 cm³/mol. The Bertz CT molecular complexity index is 548. The monoisotopic (exact) mass is 254 g/mol. The Balaban J connectivity index is 2.62. The number of hydrogen-bond donors (Lipinski definition) is 1. The van der Waals surface area contributed by atoms with E-state index < -0.39 is 11.7 Å². The molecule has 0 aliphatic heterocycles. The third kappa shape index (κ3) is 2.01. The van der Waals surface area contributed by atoms with Crippen LogP contribution in [0.1, 0.15) is 10.4 Å². The highest BCUT2D eigenvalue weighted by molar-refractivity contribution is 6.33.